The lowest BCUT2D eigenvalue weighted by Crippen LogP contribution is -2.11. The van der Waals surface area contributed by atoms with Crippen molar-refractivity contribution in [3.05, 3.63) is 22.4 Å². The molecule has 0 aliphatic carbocycles. The maximum atomic E-state index is 5.71. The van der Waals surface area contributed by atoms with Crippen LogP contribution in [-0.2, 0) is 0 Å². The van der Waals surface area contributed by atoms with Gasteiger partial charge in [-0.05, 0) is 24.4 Å². The van der Waals surface area contributed by atoms with Crippen molar-refractivity contribution in [1.29, 1.82) is 0 Å². The molecule has 0 radical (unpaired) electrons. The van der Waals surface area contributed by atoms with Gasteiger partial charge in [0.05, 0.1) is 0 Å². The van der Waals surface area contributed by atoms with Crippen molar-refractivity contribution in [3.63, 3.8) is 0 Å². The van der Waals surface area contributed by atoms with Crippen molar-refractivity contribution in [2.75, 3.05) is 6.54 Å². The molecule has 0 saturated heterocycles. The van der Waals surface area contributed by atoms with Gasteiger partial charge in [0.2, 0.25) is 0 Å². The van der Waals surface area contributed by atoms with E-state index in [9.17, 15) is 0 Å². The monoisotopic (exact) mass is 183 g/mol. The average molecular weight is 183 g/mol. The molecule has 0 amide bonds. The Kier molecular flexibility index (Phi) is 4.33. The summed E-state index contributed by atoms with van der Waals surface area (Å²) in [6.07, 6.45) is 3.80. The van der Waals surface area contributed by atoms with Crippen LogP contribution in [0.5, 0.6) is 0 Å². The third kappa shape index (κ3) is 2.61. The predicted molar refractivity (Wildman–Crippen MR) is 55.6 cm³/mol. The Labute approximate surface area is 78.6 Å². The molecule has 1 nitrogen and oxygen atoms in total. The molecule has 0 aliphatic heterocycles. The molecule has 1 aromatic rings. The van der Waals surface area contributed by atoms with Crippen LogP contribution in [0.3, 0.4) is 0 Å². The van der Waals surface area contributed by atoms with Crippen LogP contribution in [0.25, 0.3) is 0 Å². The quantitative estimate of drug-likeness (QED) is 0.746. The number of rotatable bonds is 5. The van der Waals surface area contributed by atoms with Gasteiger partial charge in [0.1, 0.15) is 0 Å². The molecule has 1 unspecified atom stereocenters. The van der Waals surface area contributed by atoms with Crippen molar-refractivity contribution in [2.45, 2.75) is 32.1 Å². The fraction of sp³-hybridized carbons (Fsp3) is 0.600. The number of thiophene rings is 1. The zero-order valence-corrected chi connectivity index (χ0v) is 8.44. The van der Waals surface area contributed by atoms with Crippen LogP contribution in [-0.4, -0.2) is 6.54 Å². The first-order chi connectivity index (χ1) is 5.88. The third-order valence-corrected chi connectivity index (χ3v) is 3.17. The fourth-order valence-corrected chi connectivity index (χ4v) is 2.23. The standard InChI is InChI=1S/C10H17NS/c1-2-3-5-9(8-11)10-6-4-7-12-10/h4,6-7,9H,2-3,5,8,11H2,1H3. The third-order valence-electron chi connectivity index (χ3n) is 2.14. The lowest BCUT2D eigenvalue weighted by Gasteiger charge is -2.11. The van der Waals surface area contributed by atoms with E-state index < -0.39 is 0 Å². The van der Waals surface area contributed by atoms with Crippen LogP contribution in [0.2, 0.25) is 0 Å². The van der Waals surface area contributed by atoms with E-state index in [-0.39, 0.29) is 0 Å². The molecule has 1 aromatic heterocycles. The van der Waals surface area contributed by atoms with Gasteiger partial charge in [0, 0.05) is 10.8 Å². The lowest BCUT2D eigenvalue weighted by molar-refractivity contribution is 0.599. The molecule has 0 spiro atoms. The number of unbranched alkanes of at least 4 members (excludes halogenated alkanes) is 1. The lowest BCUT2D eigenvalue weighted by atomic mass is 10.0. The highest BCUT2D eigenvalue weighted by Crippen LogP contribution is 2.24. The van der Waals surface area contributed by atoms with Crippen molar-refractivity contribution in [3.8, 4) is 0 Å². The number of nitrogens with two attached hydrogens (primary N) is 1. The zero-order valence-electron chi connectivity index (χ0n) is 7.62. The fourth-order valence-electron chi connectivity index (χ4n) is 1.35. The summed E-state index contributed by atoms with van der Waals surface area (Å²) in [7, 11) is 0. The Balaban J connectivity index is 2.45. The van der Waals surface area contributed by atoms with Gasteiger partial charge >= 0.3 is 0 Å². The first-order valence-electron chi connectivity index (χ1n) is 4.62. The molecular weight excluding hydrogens is 166 g/mol. The minimum atomic E-state index is 0.602. The van der Waals surface area contributed by atoms with Crippen LogP contribution >= 0.6 is 11.3 Å². The Bertz CT molecular complexity index is 194. The molecule has 12 heavy (non-hydrogen) atoms. The maximum absolute atomic E-state index is 5.71. The molecule has 1 rings (SSSR count). The minimum Gasteiger partial charge on any atom is -0.330 e. The summed E-state index contributed by atoms with van der Waals surface area (Å²) >= 11 is 1.83. The average Bonchev–Trinajstić information content (AvgIpc) is 2.59. The van der Waals surface area contributed by atoms with Gasteiger partial charge in [-0.25, -0.2) is 0 Å². The molecule has 68 valence electrons. The summed E-state index contributed by atoms with van der Waals surface area (Å²) in [5.74, 6) is 0.602. The second kappa shape index (κ2) is 5.33. The normalized spacial score (nSPS) is 13.2. The Hall–Kier alpha value is -0.340. The van der Waals surface area contributed by atoms with E-state index in [0.29, 0.717) is 5.92 Å². The molecule has 0 aromatic carbocycles. The van der Waals surface area contributed by atoms with E-state index in [4.69, 9.17) is 5.73 Å². The van der Waals surface area contributed by atoms with E-state index in [0.717, 1.165) is 6.54 Å². The van der Waals surface area contributed by atoms with Crippen LogP contribution in [0.1, 0.15) is 37.0 Å². The van der Waals surface area contributed by atoms with E-state index in [1.807, 2.05) is 11.3 Å². The van der Waals surface area contributed by atoms with Crippen LogP contribution in [0.4, 0.5) is 0 Å². The zero-order chi connectivity index (χ0) is 8.81. The van der Waals surface area contributed by atoms with Gasteiger partial charge in [-0.15, -0.1) is 11.3 Å². The van der Waals surface area contributed by atoms with E-state index in [2.05, 4.69) is 24.4 Å². The smallest absolute Gasteiger partial charge is 0.00887 e. The highest BCUT2D eigenvalue weighted by atomic mass is 32.1. The molecule has 0 fully saturated rings. The number of hydrogen-bond donors (Lipinski definition) is 1. The van der Waals surface area contributed by atoms with Crippen molar-refractivity contribution < 1.29 is 0 Å². The van der Waals surface area contributed by atoms with Crippen LogP contribution < -0.4 is 5.73 Å². The maximum Gasteiger partial charge on any atom is 0.00887 e. The molecule has 2 heteroatoms. The second-order valence-corrected chi connectivity index (χ2v) is 4.07. The van der Waals surface area contributed by atoms with Gasteiger partial charge in [-0.2, -0.15) is 0 Å². The molecule has 0 bridgehead atoms. The highest BCUT2D eigenvalue weighted by Gasteiger charge is 2.08. The Morgan fingerprint density at radius 1 is 1.58 bits per heavy atom. The molecule has 1 atom stereocenters. The summed E-state index contributed by atoms with van der Waals surface area (Å²) in [4.78, 5) is 1.45. The largest absolute Gasteiger partial charge is 0.330 e. The first kappa shape index (κ1) is 9.75. The Morgan fingerprint density at radius 3 is 2.92 bits per heavy atom. The summed E-state index contributed by atoms with van der Waals surface area (Å²) in [6.45, 7) is 3.02. The Morgan fingerprint density at radius 2 is 2.42 bits per heavy atom. The van der Waals surface area contributed by atoms with Crippen LogP contribution in [0, 0.1) is 0 Å². The van der Waals surface area contributed by atoms with Crippen molar-refractivity contribution >= 4 is 11.3 Å². The van der Waals surface area contributed by atoms with Crippen LogP contribution in [0.15, 0.2) is 17.5 Å². The van der Waals surface area contributed by atoms with Gasteiger partial charge in [0.15, 0.2) is 0 Å². The van der Waals surface area contributed by atoms with Crippen molar-refractivity contribution in [2.24, 2.45) is 5.73 Å². The number of hydrogen-bond acceptors (Lipinski definition) is 2. The van der Waals surface area contributed by atoms with Gasteiger partial charge in [-0.1, -0.05) is 25.8 Å². The van der Waals surface area contributed by atoms with Gasteiger partial charge in [-0.3, -0.25) is 0 Å². The SMILES string of the molecule is CCCCC(CN)c1cccs1. The molecule has 0 aliphatic rings. The van der Waals surface area contributed by atoms with E-state index in [1.54, 1.807) is 0 Å². The van der Waals surface area contributed by atoms with E-state index >= 15 is 0 Å². The molecule has 1 heterocycles. The topological polar surface area (TPSA) is 26.0 Å². The predicted octanol–water partition coefficient (Wildman–Crippen LogP) is 2.98. The summed E-state index contributed by atoms with van der Waals surface area (Å²) < 4.78 is 0. The molecule has 0 saturated carbocycles. The molecular formula is C10H17NS. The summed E-state index contributed by atoms with van der Waals surface area (Å²) in [5.41, 5.74) is 5.71. The summed E-state index contributed by atoms with van der Waals surface area (Å²) in [6, 6.07) is 4.30. The van der Waals surface area contributed by atoms with Gasteiger partial charge in [0.25, 0.3) is 0 Å². The summed E-state index contributed by atoms with van der Waals surface area (Å²) in [5, 5.41) is 2.13. The van der Waals surface area contributed by atoms with Gasteiger partial charge < -0.3 is 5.73 Å². The molecule has 2 N–H and O–H groups in total. The first-order valence-corrected chi connectivity index (χ1v) is 5.50. The van der Waals surface area contributed by atoms with Crippen molar-refractivity contribution in [1.82, 2.24) is 0 Å². The highest BCUT2D eigenvalue weighted by molar-refractivity contribution is 7.10. The van der Waals surface area contributed by atoms with E-state index in [1.165, 1.54) is 24.1 Å². The minimum absolute atomic E-state index is 0.602. The second-order valence-electron chi connectivity index (χ2n) is 3.09.